The van der Waals surface area contributed by atoms with Gasteiger partial charge in [0.05, 0.1) is 28.1 Å². The molecule has 1 aromatic heterocycles. The third-order valence-electron chi connectivity index (χ3n) is 4.24. The summed E-state index contributed by atoms with van der Waals surface area (Å²) in [6.07, 6.45) is 5.15. The molecule has 1 aliphatic rings. The smallest absolute Gasteiger partial charge is 0.0909 e. The second-order valence-corrected chi connectivity index (χ2v) is 6.09. The minimum Gasteiger partial charge on any atom is -0.390 e. The monoisotopic (exact) mass is 286 g/mol. The Bertz CT molecular complexity index is 437. The van der Waals surface area contributed by atoms with E-state index in [0.29, 0.717) is 24.3 Å². The molecule has 108 valence electrons. The van der Waals surface area contributed by atoms with Gasteiger partial charge in [0.25, 0.3) is 0 Å². The van der Waals surface area contributed by atoms with Crippen LogP contribution in [0.1, 0.15) is 49.9 Å². The normalized spacial score (nSPS) is 21.1. The zero-order valence-corrected chi connectivity index (χ0v) is 12.4. The van der Waals surface area contributed by atoms with E-state index in [0.717, 1.165) is 37.1 Å². The molecular weight excluding hydrogens is 264 g/mol. The van der Waals surface area contributed by atoms with E-state index < -0.39 is 11.7 Å². The molecule has 2 N–H and O–H groups in total. The quantitative estimate of drug-likeness (QED) is 0.839. The fourth-order valence-corrected chi connectivity index (χ4v) is 3.19. The van der Waals surface area contributed by atoms with Gasteiger partial charge in [-0.1, -0.05) is 37.3 Å². The van der Waals surface area contributed by atoms with Gasteiger partial charge in [-0.05, 0) is 19.8 Å². The number of nitrogens with zero attached hydrogens (tertiary/aromatic N) is 2. The highest BCUT2D eigenvalue weighted by atomic mass is 35.5. The Kier molecular flexibility index (Phi) is 4.54. The molecule has 1 heterocycles. The van der Waals surface area contributed by atoms with Gasteiger partial charge in [-0.15, -0.1) is 0 Å². The van der Waals surface area contributed by atoms with Gasteiger partial charge in [0.15, 0.2) is 0 Å². The molecule has 0 aromatic carbocycles. The largest absolute Gasteiger partial charge is 0.390 e. The predicted molar refractivity (Wildman–Crippen MR) is 75.3 cm³/mol. The Hall–Kier alpha value is -0.580. The van der Waals surface area contributed by atoms with Gasteiger partial charge < -0.3 is 10.2 Å². The highest BCUT2D eigenvalue weighted by Crippen LogP contribution is 2.32. The van der Waals surface area contributed by atoms with Crippen molar-refractivity contribution in [1.29, 1.82) is 0 Å². The van der Waals surface area contributed by atoms with E-state index >= 15 is 0 Å². The second-order valence-electron chi connectivity index (χ2n) is 5.71. The molecule has 0 aliphatic heterocycles. The molecule has 0 bridgehead atoms. The number of aliphatic hydroxyl groups excluding tert-OH is 1. The van der Waals surface area contributed by atoms with Crippen LogP contribution < -0.4 is 0 Å². The molecule has 1 unspecified atom stereocenters. The highest BCUT2D eigenvalue weighted by molar-refractivity contribution is 6.31. The first-order chi connectivity index (χ1) is 8.94. The standard InChI is InChI=1S/C14H23ClN2O2/c1-10-13(15)11(17(2)16-10)9-12(18)14(19)7-5-3-4-6-8-14/h12,18-19H,3-9H2,1-2H3. The predicted octanol–water partition coefficient (Wildman–Crippen LogP) is 2.37. The molecule has 19 heavy (non-hydrogen) atoms. The summed E-state index contributed by atoms with van der Waals surface area (Å²) in [6, 6.07) is 0. The van der Waals surface area contributed by atoms with Crippen molar-refractivity contribution in [2.24, 2.45) is 7.05 Å². The summed E-state index contributed by atoms with van der Waals surface area (Å²) in [4.78, 5) is 0. The summed E-state index contributed by atoms with van der Waals surface area (Å²) in [5, 5.41) is 25.9. The van der Waals surface area contributed by atoms with Crippen molar-refractivity contribution in [3.05, 3.63) is 16.4 Å². The van der Waals surface area contributed by atoms with Crippen LogP contribution in [-0.2, 0) is 13.5 Å². The average molecular weight is 287 g/mol. The number of rotatable bonds is 3. The highest BCUT2D eigenvalue weighted by Gasteiger charge is 2.36. The van der Waals surface area contributed by atoms with E-state index in [1.165, 1.54) is 0 Å². The molecule has 0 spiro atoms. The van der Waals surface area contributed by atoms with Gasteiger partial charge in [-0.25, -0.2) is 0 Å². The third-order valence-corrected chi connectivity index (χ3v) is 4.73. The van der Waals surface area contributed by atoms with Crippen LogP contribution in [0.5, 0.6) is 0 Å². The number of aliphatic hydroxyl groups is 2. The van der Waals surface area contributed by atoms with Gasteiger partial charge >= 0.3 is 0 Å². The first-order valence-electron chi connectivity index (χ1n) is 7.02. The van der Waals surface area contributed by atoms with Crippen LogP contribution in [-0.4, -0.2) is 31.7 Å². The lowest BCUT2D eigenvalue weighted by Gasteiger charge is -2.32. The number of hydrogen-bond acceptors (Lipinski definition) is 3. The fraction of sp³-hybridized carbons (Fsp3) is 0.786. The van der Waals surface area contributed by atoms with Gasteiger partial charge in [0.1, 0.15) is 0 Å². The summed E-state index contributed by atoms with van der Waals surface area (Å²) >= 11 is 6.20. The van der Waals surface area contributed by atoms with Gasteiger partial charge in [0, 0.05) is 13.5 Å². The molecule has 2 rings (SSSR count). The minimum atomic E-state index is -0.974. The average Bonchev–Trinajstić information content (AvgIpc) is 2.58. The van der Waals surface area contributed by atoms with Crippen molar-refractivity contribution < 1.29 is 10.2 Å². The molecule has 0 radical (unpaired) electrons. The number of hydrogen-bond donors (Lipinski definition) is 2. The molecule has 4 nitrogen and oxygen atoms in total. The summed E-state index contributed by atoms with van der Waals surface area (Å²) in [5.74, 6) is 0. The third kappa shape index (κ3) is 3.12. The van der Waals surface area contributed by atoms with Crippen molar-refractivity contribution in [2.75, 3.05) is 0 Å². The van der Waals surface area contributed by atoms with Crippen molar-refractivity contribution in [3.63, 3.8) is 0 Å². The molecule has 1 fully saturated rings. The van der Waals surface area contributed by atoms with Crippen molar-refractivity contribution in [1.82, 2.24) is 9.78 Å². The lowest BCUT2D eigenvalue weighted by atomic mass is 9.86. The number of halogens is 1. The van der Waals surface area contributed by atoms with Crippen LogP contribution in [0.3, 0.4) is 0 Å². The van der Waals surface area contributed by atoms with Gasteiger partial charge in [-0.2, -0.15) is 5.10 Å². The van der Waals surface area contributed by atoms with E-state index in [4.69, 9.17) is 11.6 Å². The van der Waals surface area contributed by atoms with E-state index in [-0.39, 0.29) is 0 Å². The maximum Gasteiger partial charge on any atom is 0.0909 e. The van der Waals surface area contributed by atoms with Crippen molar-refractivity contribution >= 4 is 11.6 Å². The van der Waals surface area contributed by atoms with Crippen LogP contribution in [0.2, 0.25) is 5.02 Å². The summed E-state index contributed by atoms with van der Waals surface area (Å²) in [7, 11) is 1.82. The van der Waals surface area contributed by atoms with E-state index in [1.54, 1.807) is 4.68 Å². The Balaban J connectivity index is 2.13. The van der Waals surface area contributed by atoms with Gasteiger partial charge in [0.2, 0.25) is 0 Å². The molecule has 0 saturated heterocycles. The summed E-state index contributed by atoms with van der Waals surface area (Å²) in [5.41, 5.74) is 0.585. The summed E-state index contributed by atoms with van der Waals surface area (Å²) in [6.45, 7) is 1.85. The van der Waals surface area contributed by atoms with Gasteiger partial charge in [-0.3, -0.25) is 4.68 Å². The van der Waals surface area contributed by atoms with Crippen LogP contribution in [0.15, 0.2) is 0 Å². The SMILES string of the molecule is Cc1nn(C)c(CC(O)C2(O)CCCCCC2)c1Cl. The maximum atomic E-state index is 10.6. The first kappa shape index (κ1) is 14.8. The minimum absolute atomic E-state index is 0.354. The number of aromatic nitrogens is 2. The number of aryl methyl sites for hydroxylation is 2. The van der Waals surface area contributed by atoms with Crippen LogP contribution in [0.25, 0.3) is 0 Å². The fourth-order valence-electron chi connectivity index (χ4n) is 2.95. The van der Waals surface area contributed by atoms with E-state index in [1.807, 2.05) is 14.0 Å². The zero-order chi connectivity index (χ0) is 14.0. The van der Waals surface area contributed by atoms with Crippen LogP contribution in [0, 0.1) is 6.92 Å². The Morgan fingerprint density at radius 3 is 2.37 bits per heavy atom. The molecule has 1 aromatic rings. The molecule has 1 aliphatic carbocycles. The van der Waals surface area contributed by atoms with Crippen molar-refractivity contribution in [3.8, 4) is 0 Å². The second kappa shape index (κ2) is 5.81. The lowest BCUT2D eigenvalue weighted by molar-refractivity contribution is -0.0842. The van der Waals surface area contributed by atoms with E-state index in [2.05, 4.69) is 5.10 Å². The Labute approximate surface area is 119 Å². The maximum absolute atomic E-state index is 10.6. The molecule has 1 saturated carbocycles. The molecular formula is C14H23ClN2O2. The Morgan fingerprint density at radius 1 is 1.32 bits per heavy atom. The Morgan fingerprint density at radius 2 is 1.89 bits per heavy atom. The van der Waals surface area contributed by atoms with Crippen LogP contribution in [0.4, 0.5) is 0 Å². The molecule has 1 atom stereocenters. The van der Waals surface area contributed by atoms with E-state index in [9.17, 15) is 10.2 Å². The topological polar surface area (TPSA) is 58.3 Å². The molecule has 0 amide bonds. The lowest BCUT2D eigenvalue weighted by Crippen LogP contribution is -2.43. The first-order valence-corrected chi connectivity index (χ1v) is 7.40. The molecule has 5 heteroatoms. The summed E-state index contributed by atoms with van der Waals surface area (Å²) < 4.78 is 1.70. The van der Waals surface area contributed by atoms with Crippen LogP contribution >= 0.6 is 11.6 Å². The van der Waals surface area contributed by atoms with Crippen molar-refractivity contribution in [2.45, 2.75) is 63.6 Å². The zero-order valence-electron chi connectivity index (χ0n) is 11.7.